The first-order valence-corrected chi connectivity index (χ1v) is 22.8. The Morgan fingerprint density at radius 1 is 0.949 bits per heavy atom. The highest BCUT2D eigenvalue weighted by Crippen LogP contribution is 2.49. The van der Waals surface area contributed by atoms with Gasteiger partial charge in [0.05, 0.1) is 49.9 Å². The van der Waals surface area contributed by atoms with E-state index in [0.717, 1.165) is 0 Å². The van der Waals surface area contributed by atoms with Crippen molar-refractivity contribution < 1.29 is 65.1 Å². The Morgan fingerprint density at radius 3 is 2.31 bits per heavy atom. The summed E-state index contributed by atoms with van der Waals surface area (Å²) in [5, 5.41) is 14.5. The van der Waals surface area contributed by atoms with Crippen LogP contribution in [0.4, 0.5) is 4.79 Å². The number of nitrogens with one attached hydrogen (secondary N) is 1. The first kappa shape index (κ1) is 45.9. The molecule has 0 aliphatic carbocycles. The second-order valence-electron chi connectivity index (χ2n) is 14.7. The number of para-hydroxylation sites is 1. The van der Waals surface area contributed by atoms with E-state index in [1.54, 1.807) is 66.7 Å². The molecule has 7 atom stereocenters. The third-order valence-corrected chi connectivity index (χ3v) is 12.9. The molecular formula is C41H55N2O14PS. The number of hydrogen-bond donors (Lipinski definition) is 2. The maximum atomic E-state index is 13.9. The van der Waals surface area contributed by atoms with E-state index in [1.807, 2.05) is 20.8 Å². The van der Waals surface area contributed by atoms with Gasteiger partial charge in [0.15, 0.2) is 12.4 Å². The molecule has 2 aliphatic heterocycles. The maximum absolute atomic E-state index is 13.9. The zero-order chi connectivity index (χ0) is 42.6. The monoisotopic (exact) mass is 862 g/mol. The minimum Gasteiger partial charge on any atom is -0.497 e. The summed E-state index contributed by atoms with van der Waals surface area (Å²) in [6, 6.07) is 19.9. The molecule has 59 heavy (non-hydrogen) atoms. The third-order valence-electron chi connectivity index (χ3n) is 9.52. The number of amides is 1. The standard InChI is InChI=1S/C41H55N2O14PS/c1-6-21-51-39(45)29(4)56-58(47,57-33-10-8-7-9-11-33)27-54-32-14-12-30(13-15-32)23-36(42-41(46)55-38-26-53-40-35(38)20-22-52-40)37(44)25-43(24-28(2)3)59(48,49)34-18-16-31(50-5)17-19-34/h7-19,28-29,35-38,40,44H,6,20-27H2,1-5H3,(H,42,46)/t29-,35-,36-,37+,38-,40+,58?/m0/s1. The molecule has 5 rings (SSSR count). The molecule has 0 spiro atoms. The molecule has 3 aromatic carbocycles. The molecule has 324 valence electrons. The van der Waals surface area contributed by atoms with E-state index < -0.39 is 66.7 Å². The van der Waals surface area contributed by atoms with Gasteiger partial charge in [-0.2, -0.15) is 4.31 Å². The van der Waals surface area contributed by atoms with Crippen molar-refractivity contribution in [3.63, 3.8) is 0 Å². The van der Waals surface area contributed by atoms with Crippen LogP contribution in [-0.4, -0.2) is 107 Å². The molecule has 2 saturated heterocycles. The van der Waals surface area contributed by atoms with E-state index in [1.165, 1.54) is 30.5 Å². The van der Waals surface area contributed by atoms with E-state index in [-0.39, 0.29) is 61.0 Å². The van der Waals surface area contributed by atoms with Gasteiger partial charge in [-0.1, -0.05) is 51.1 Å². The molecular weight excluding hydrogens is 807 g/mol. The average molecular weight is 863 g/mol. The van der Waals surface area contributed by atoms with E-state index in [4.69, 9.17) is 37.5 Å². The molecule has 0 bridgehead atoms. The average Bonchev–Trinajstić information content (AvgIpc) is 3.84. The van der Waals surface area contributed by atoms with Crippen molar-refractivity contribution >= 4 is 29.7 Å². The Hall–Kier alpha value is -4.22. The van der Waals surface area contributed by atoms with Crippen LogP contribution in [0.15, 0.2) is 83.8 Å². The van der Waals surface area contributed by atoms with E-state index in [2.05, 4.69) is 5.32 Å². The van der Waals surface area contributed by atoms with Crippen molar-refractivity contribution in [1.82, 2.24) is 9.62 Å². The van der Waals surface area contributed by atoms with Crippen LogP contribution in [0.25, 0.3) is 0 Å². The molecule has 2 N–H and O–H groups in total. The summed E-state index contributed by atoms with van der Waals surface area (Å²) in [5.74, 6) is 0.109. The number of rotatable bonds is 22. The number of hydrogen-bond acceptors (Lipinski definition) is 14. The van der Waals surface area contributed by atoms with Gasteiger partial charge in [-0.05, 0) is 86.2 Å². The number of carbonyl (C=O) groups is 2. The van der Waals surface area contributed by atoms with Gasteiger partial charge in [0, 0.05) is 13.1 Å². The molecule has 1 unspecified atom stereocenters. The van der Waals surface area contributed by atoms with Gasteiger partial charge in [-0.3, -0.25) is 4.52 Å². The van der Waals surface area contributed by atoms with E-state index in [9.17, 15) is 27.7 Å². The predicted octanol–water partition coefficient (Wildman–Crippen LogP) is 5.77. The van der Waals surface area contributed by atoms with Gasteiger partial charge in [0.25, 0.3) is 0 Å². The zero-order valence-corrected chi connectivity index (χ0v) is 35.7. The molecule has 1 amide bonds. The van der Waals surface area contributed by atoms with Gasteiger partial charge < -0.3 is 43.4 Å². The highest BCUT2D eigenvalue weighted by atomic mass is 32.2. The first-order valence-electron chi connectivity index (χ1n) is 19.6. The third kappa shape index (κ3) is 13.1. The summed E-state index contributed by atoms with van der Waals surface area (Å²) in [5.41, 5.74) is 0.635. The molecule has 2 heterocycles. The number of ether oxygens (including phenoxy) is 6. The van der Waals surface area contributed by atoms with Crippen molar-refractivity contribution in [2.75, 3.05) is 46.4 Å². The molecule has 2 aliphatic rings. The Bertz CT molecular complexity index is 1950. The van der Waals surface area contributed by atoms with Crippen LogP contribution >= 0.6 is 7.60 Å². The van der Waals surface area contributed by atoms with Crippen molar-refractivity contribution in [2.45, 2.75) is 82.5 Å². The lowest BCUT2D eigenvalue weighted by molar-refractivity contribution is -0.151. The summed E-state index contributed by atoms with van der Waals surface area (Å²) < 4.78 is 87.5. The predicted molar refractivity (Wildman–Crippen MR) is 216 cm³/mol. The molecule has 0 aromatic heterocycles. The van der Waals surface area contributed by atoms with Crippen LogP contribution < -0.4 is 19.3 Å². The molecule has 18 heteroatoms. The van der Waals surface area contributed by atoms with Crippen LogP contribution in [0.5, 0.6) is 17.2 Å². The fourth-order valence-corrected chi connectivity index (χ4v) is 9.61. The highest BCUT2D eigenvalue weighted by Gasteiger charge is 2.44. The summed E-state index contributed by atoms with van der Waals surface area (Å²) >= 11 is 0. The van der Waals surface area contributed by atoms with Crippen LogP contribution in [0.3, 0.4) is 0 Å². The number of nitrogens with zero attached hydrogens (tertiary/aromatic N) is 1. The fraction of sp³-hybridized carbons (Fsp3) is 0.512. The smallest absolute Gasteiger partial charge is 0.417 e. The minimum absolute atomic E-state index is 0.0234. The number of sulfonamides is 1. The van der Waals surface area contributed by atoms with Crippen LogP contribution in [0.2, 0.25) is 0 Å². The number of alkyl carbamates (subject to hydrolysis) is 1. The first-order chi connectivity index (χ1) is 28.2. The summed E-state index contributed by atoms with van der Waals surface area (Å²) in [6.07, 6.45) is -3.62. The van der Waals surface area contributed by atoms with Crippen molar-refractivity contribution in [3.8, 4) is 17.2 Å². The van der Waals surface area contributed by atoms with Crippen LogP contribution in [0, 0.1) is 11.8 Å². The Labute approximate surface area is 345 Å². The van der Waals surface area contributed by atoms with Crippen LogP contribution in [-0.2, 0) is 49.3 Å². The lowest BCUT2D eigenvalue weighted by Crippen LogP contribution is -2.51. The number of methoxy groups -OCH3 is 1. The van der Waals surface area contributed by atoms with Crippen molar-refractivity contribution in [3.05, 3.63) is 84.4 Å². The topological polar surface area (TPSA) is 195 Å². The van der Waals surface area contributed by atoms with E-state index >= 15 is 0 Å². The van der Waals surface area contributed by atoms with Crippen LogP contribution in [0.1, 0.15) is 46.1 Å². The minimum atomic E-state index is -4.09. The maximum Gasteiger partial charge on any atom is 0.417 e. The molecule has 0 radical (unpaired) electrons. The molecule has 3 aromatic rings. The summed E-state index contributed by atoms with van der Waals surface area (Å²) in [6.45, 7) is 7.58. The summed E-state index contributed by atoms with van der Waals surface area (Å²) in [4.78, 5) is 25.9. The molecule has 0 saturated carbocycles. The van der Waals surface area contributed by atoms with Crippen molar-refractivity contribution in [2.24, 2.45) is 11.8 Å². The lowest BCUT2D eigenvalue weighted by Gasteiger charge is -2.31. The van der Waals surface area contributed by atoms with Gasteiger partial charge in [-0.15, -0.1) is 0 Å². The number of aliphatic hydroxyl groups excluding tert-OH is 1. The number of aliphatic hydroxyl groups is 1. The fourth-order valence-electron chi connectivity index (χ4n) is 6.52. The van der Waals surface area contributed by atoms with Gasteiger partial charge in [-0.25, -0.2) is 22.6 Å². The molecule has 16 nitrogen and oxygen atoms in total. The Balaban J connectivity index is 1.32. The SMILES string of the molecule is CCCOC(=O)[C@H](C)OP(=O)(COc1ccc(C[C@H](NC(=O)O[C@H]2CO[C@H]3OCC[C@H]32)[C@H](O)CN(CC(C)C)S(=O)(=O)c2ccc(OC)cc2)cc1)Oc1ccccc1. The number of fused-ring (bicyclic) bond motifs is 1. The number of esters is 1. The Morgan fingerprint density at radius 2 is 1.64 bits per heavy atom. The largest absolute Gasteiger partial charge is 0.497 e. The molecule has 2 fully saturated rings. The quantitative estimate of drug-likeness (QED) is 0.0913. The number of carbonyl (C=O) groups excluding carboxylic acids is 2. The van der Waals surface area contributed by atoms with E-state index in [0.29, 0.717) is 30.8 Å². The Kier molecular flexibility index (Phi) is 16.6. The van der Waals surface area contributed by atoms with Gasteiger partial charge in [0.2, 0.25) is 16.4 Å². The van der Waals surface area contributed by atoms with Gasteiger partial charge in [0.1, 0.15) is 23.4 Å². The zero-order valence-electron chi connectivity index (χ0n) is 34.0. The van der Waals surface area contributed by atoms with Crippen molar-refractivity contribution in [1.29, 1.82) is 0 Å². The lowest BCUT2D eigenvalue weighted by atomic mass is 10.0. The normalized spacial score (nSPS) is 20.2. The number of benzene rings is 3. The second kappa shape index (κ2) is 21.3. The summed E-state index contributed by atoms with van der Waals surface area (Å²) in [7, 11) is -6.69. The second-order valence-corrected chi connectivity index (χ2v) is 18.5. The van der Waals surface area contributed by atoms with Gasteiger partial charge >= 0.3 is 19.7 Å². The highest BCUT2D eigenvalue weighted by molar-refractivity contribution is 7.89.